The molecular weight excluding hydrogens is 200 g/mol. The summed E-state index contributed by atoms with van der Waals surface area (Å²) in [5.74, 6) is 0. The van der Waals surface area contributed by atoms with Gasteiger partial charge in [0.15, 0.2) is 0 Å². The Labute approximate surface area is 95.9 Å². The van der Waals surface area contributed by atoms with Crippen LogP contribution < -0.4 is 4.90 Å². The molecule has 0 amide bonds. The van der Waals surface area contributed by atoms with Gasteiger partial charge in [-0.15, -0.1) is 0 Å². The molecule has 0 spiro atoms. The van der Waals surface area contributed by atoms with E-state index in [1.165, 1.54) is 0 Å². The molecule has 84 valence electrons. The highest BCUT2D eigenvalue weighted by atomic mass is 16.3. The molecule has 1 fully saturated rings. The summed E-state index contributed by atoms with van der Waals surface area (Å²) in [4.78, 5) is 2.19. The molecule has 1 heterocycles. The zero-order valence-electron chi connectivity index (χ0n) is 9.64. The predicted octanol–water partition coefficient (Wildman–Crippen LogP) is 1.91. The van der Waals surface area contributed by atoms with Gasteiger partial charge in [-0.2, -0.15) is 5.26 Å². The van der Waals surface area contributed by atoms with Crippen LogP contribution in [0.25, 0.3) is 0 Å². The highest BCUT2D eigenvalue weighted by Gasteiger charge is 2.40. The van der Waals surface area contributed by atoms with Crippen molar-refractivity contribution in [2.45, 2.75) is 31.9 Å². The number of nitrogens with zero attached hydrogens (tertiary/aromatic N) is 2. The highest BCUT2D eigenvalue weighted by molar-refractivity contribution is 5.53. The third-order valence-electron chi connectivity index (χ3n) is 3.45. The van der Waals surface area contributed by atoms with E-state index < -0.39 is 0 Å². The summed E-state index contributed by atoms with van der Waals surface area (Å²) in [6.45, 7) is 4.95. The van der Waals surface area contributed by atoms with E-state index in [0.29, 0.717) is 5.56 Å². The van der Waals surface area contributed by atoms with Gasteiger partial charge in [-0.3, -0.25) is 0 Å². The fourth-order valence-electron chi connectivity index (χ4n) is 2.25. The van der Waals surface area contributed by atoms with Gasteiger partial charge in [0.05, 0.1) is 23.3 Å². The molecule has 1 aromatic carbocycles. The molecule has 3 nitrogen and oxygen atoms in total. The molecule has 16 heavy (non-hydrogen) atoms. The second-order valence-corrected chi connectivity index (χ2v) is 4.77. The minimum atomic E-state index is -0.289. The van der Waals surface area contributed by atoms with Crippen molar-refractivity contribution in [1.29, 1.82) is 5.26 Å². The second kappa shape index (κ2) is 3.80. The van der Waals surface area contributed by atoms with E-state index in [4.69, 9.17) is 5.26 Å². The highest BCUT2D eigenvalue weighted by Crippen LogP contribution is 2.33. The van der Waals surface area contributed by atoms with Crippen LogP contribution in [0.3, 0.4) is 0 Å². The number of aliphatic hydroxyl groups is 1. The fourth-order valence-corrected chi connectivity index (χ4v) is 2.25. The first kappa shape index (κ1) is 11.0. The molecular formula is C13H16N2O. The van der Waals surface area contributed by atoms with Crippen molar-refractivity contribution in [3.63, 3.8) is 0 Å². The van der Waals surface area contributed by atoms with Crippen molar-refractivity contribution < 1.29 is 5.11 Å². The number of nitriles is 1. The molecule has 1 unspecified atom stereocenters. The first-order valence-corrected chi connectivity index (χ1v) is 5.51. The maximum absolute atomic E-state index is 9.90. The molecule has 0 saturated carbocycles. The van der Waals surface area contributed by atoms with Gasteiger partial charge in [0.1, 0.15) is 0 Å². The van der Waals surface area contributed by atoms with Crippen LogP contribution in [-0.4, -0.2) is 23.3 Å². The van der Waals surface area contributed by atoms with E-state index in [9.17, 15) is 5.11 Å². The molecule has 1 saturated heterocycles. The molecule has 0 radical (unpaired) electrons. The van der Waals surface area contributed by atoms with Crippen LogP contribution in [0.2, 0.25) is 0 Å². The number of rotatable bonds is 1. The van der Waals surface area contributed by atoms with Gasteiger partial charge in [-0.25, -0.2) is 0 Å². The summed E-state index contributed by atoms with van der Waals surface area (Å²) in [6.07, 6.45) is 0.510. The van der Waals surface area contributed by atoms with Gasteiger partial charge in [-0.1, -0.05) is 0 Å². The number of hydrogen-bond acceptors (Lipinski definition) is 3. The molecule has 0 aromatic heterocycles. The Kier molecular flexibility index (Phi) is 2.61. The largest absolute Gasteiger partial charge is 0.391 e. The van der Waals surface area contributed by atoms with Crippen LogP contribution in [0.4, 0.5) is 5.69 Å². The number of hydrogen-bond donors (Lipinski definition) is 1. The van der Waals surface area contributed by atoms with Gasteiger partial charge in [0.25, 0.3) is 0 Å². The lowest BCUT2D eigenvalue weighted by Gasteiger charge is -2.35. The summed E-state index contributed by atoms with van der Waals surface area (Å²) in [5.41, 5.74) is 1.51. The molecule has 1 N–H and O–H groups in total. The Hall–Kier alpha value is -1.53. The van der Waals surface area contributed by atoms with Gasteiger partial charge in [0.2, 0.25) is 0 Å². The zero-order valence-corrected chi connectivity index (χ0v) is 9.64. The molecule has 1 aliphatic heterocycles. The van der Waals surface area contributed by atoms with Crippen LogP contribution in [-0.2, 0) is 0 Å². The number of aliphatic hydroxyl groups excluding tert-OH is 1. The topological polar surface area (TPSA) is 47.3 Å². The minimum absolute atomic E-state index is 0.228. The van der Waals surface area contributed by atoms with Crippen molar-refractivity contribution in [3.8, 4) is 6.07 Å². The fraction of sp³-hybridized carbons (Fsp3) is 0.462. The van der Waals surface area contributed by atoms with E-state index in [2.05, 4.69) is 11.0 Å². The lowest BCUT2D eigenvalue weighted by atomic mass is 9.98. The first-order valence-electron chi connectivity index (χ1n) is 5.51. The maximum atomic E-state index is 9.90. The lowest BCUT2D eigenvalue weighted by Crippen LogP contribution is -2.45. The maximum Gasteiger partial charge on any atom is 0.0991 e. The Morgan fingerprint density at radius 2 is 2.00 bits per heavy atom. The Morgan fingerprint density at radius 1 is 1.38 bits per heavy atom. The average Bonchev–Trinajstić information content (AvgIpc) is 2.54. The Balaban J connectivity index is 2.28. The molecule has 1 aliphatic rings. The van der Waals surface area contributed by atoms with E-state index in [-0.39, 0.29) is 11.6 Å². The van der Waals surface area contributed by atoms with E-state index in [0.717, 1.165) is 18.7 Å². The van der Waals surface area contributed by atoms with Crippen LogP contribution >= 0.6 is 0 Å². The molecule has 1 aromatic rings. The van der Waals surface area contributed by atoms with E-state index >= 15 is 0 Å². The van der Waals surface area contributed by atoms with Gasteiger partial charge >= 0.3 is 0 Å². The molecule has 3 heteroatoms. The smallest absolute Gasteiger partial charge is 0.0991 e. The van der Waals surface area contributed by atoms with Crippen LogP contribution in [0.15, 0.2) is 24.3 Å². The van der Waals surface area contributed by atoms with Gasteiger partial charge in [-0.05, 0) is 44.5 Å². The SMILES string of the molecule is CC1(C)C(O)CCN1c1ccc(C#N)cc1. The second-order valence-electron chi connectivity index (χ2n) is 4.77. The number of benzene rings is 1. The Morgan fingerprint density at radius 3 is 2.44 bits per heavy atom. The van der Waals surface area contributed by atoms with Gasteiger partial charge < -0.3 is 10.0 Å². The van der Waals surface area contributed by atoms with Crippen molar-refractivity contribution >= 4 is 5.69 Å². The minimum Gasteiger partial charge on any atom is -0.391 e. The summed E-state index contributed by atoms with van der Waals surface area (Å²) in [7, 11) is 0. The zero-order chi connectivity index (χ0) is 11.8. The molecule has 0 bridgehead atoms. The monoisotopic (exact) mass is 216 g/mol. The van der Waals surface area contributed by atoms with Gasteiger partial charge in [0, 0.05) is 12.2 Å². The van der Waals surface area contributed by atoms with Crippen LogP contribution in [0.1, 0.15) is 25.8 Å². The van der Waals surface area contributed by atoms with E-state index in [1.54, 1.807) is 0 Å². The van der Waals surface area contributed by atoms with Crippen molar-refractivity contribution in [1.82, 2.24) is 0 Å². The summed E-state index contributed by atoms with van der Waals surface area (Å²) in [5, 5.41) is 18.6. The predicted molar refractivity (Wildman–Crippen MR) is 63.2 cm³/mol. The molecule has 2 rings (SSSR count). The van der Waals surface area contributed by atoms with Crippen molar-refractivity contribution in [2.75, 3.05) is 11.4 Å². The number of anilines is 1. The normalized spacial score (nSPS) is 23.1. The van der Waals surface area contributed by atoms with Crippen molar-refractivity contribution in [3.05, 3.63) is 29.8 Å². The Bertz CT molecular complexity index is 417. The third kappa shape index (κ3) is 1.66. The lowest BCUT2D eigenvalue weighted by molar-refractivity contribution is 0.127. The molecule has 0 aliphatic carbocycles. The van der Waals surface area contributed by atoms with Crippen LogP contribution in [0, 0.1) is 11.3 Å². The third-order valence-corrected chi connectivity index (χ3v) is 3.45. The van der Waals surface area contributed by atoms with Crippen LogP contribution in [0.5, 0.6) is 0 Å². The first-order chi connectivity index (χ1) is 7.55. The summed E-state index contributed by atoms with van der Waals surface area (Å²) >= 11 is 0. The average molecular weight is 216 g/mol. The molecule has 1 atom stereocenters. The summed E-state index contributed by atoms with van der Waals surface area (Å²) < 4.78 is 0. The summed E-state index contributed by atoms with van der Waals surface area (Å²) in [6, 6.07) is 9.62. The van der Waals surface area contributed by atoms with Crippen molar-refractivity contribution in [2.24, 2.45) is 0 Å². The van der Waals surface area contributed by atoms with E-state index in [1.807, 2.05) is 38.1 Å². The standard InChI is InChI=1S/C13H16N2O/c1-13(2)12(16)7-8-15(13)11-5-3-10(9-14)4-6-11/h3-6,12,16H,7-8H2,1-2H3. The quantitative estimate of drug-likeness (QED) is 0.780.